The standard InChI is InChI=1S/C11H11F3N4O/c1-18-6-16-10(17-18)8-3-2-7(15)4-9(8)19-5-11(12,13)14/h2-4,6H,5,15H2,1H3. The van der Waals surface area contributed by atoms with Gasteiger partial charge in [0.25, 0.3) is 0 Å². The van der Waals surface area contributed by atoms with Gasteiger partial charge in [-0.05, 0) is 12.1 Å². The highest BCUT2D eigenvalue weighted by atomic mass is 19.4. The molecule has 0 radical (unpaired) electrons. The summed E-state index contributed by atoms with van der Waals surface area (Å²) in [4.78, 5) is 3.97. The summed E-state index contributed by atoms with van der Waals surface area (Å²) in [6, 6.07) is 4.39. The molecule has 0 saturated carbocycles. The van der Waals surface area contributed by atoms with Crippen molar-refractivity contribution in [3.63, 3.8) is 0 Å². The van der Waals surface area contributed by atoms with Gasteiger partial charge < -0.3 is 10.5 Å². The van der Waals surface area contributed by atoms with Crippen LogP contribution in [0.15, 0.2) is 24.5 Å². The summed E-state index contributed by atoms with van der Waals surface area (Å²) in [6.07, 6.45) is -2.97. The number of halogens is 3. The Hall–Kier alpha value is -2.25. The Morgan fingerprint density at radius 2 is 2.11 bits per heavy atom. The number of rotatable bonds is 3. The van der Waals surface area contributed by atoms with E-state index in [-0.39, 0.29) is 11.6 Å². The van der Waals surface area contributed by atoms with Crippen LogP contribution < -0.4 is 10.5 Å². The highest BCUT2D eigenvalue weighted by Gasteiger charge is 2.29. The Balaban J connectivity index is 2.33. The fraction of sp³-hybridized carbons (Fsp3) is 0.273. The second-order valence-electron chi connectivity index (χ2n) is 3.90. The zero-order chi connectivity index (χ0) is 14.0. The van der Waals surface area contributed by atoms with Crippen LogP contribution >= 0.6 is 0 Å². The van der Waals surface area contributed by atoms with Crippen molar-refractivity contribution < 1.29 is 17.9 Å². The largest absolute Gasteiger partial charge is 0.483 e. The van der Waals surface area contributed by atoms with E-state index >= 15 is 0 Å². The van der Waals surface area contributed by atoms with Crippen molar-refractivity contribution in [1.82, 2.24) is 14.8 Å². The molecule has 102 valence electrons. The number of hydrogen-bond acceptors (Lipinski definition) is 4. The van der Waals surface area contributed by atoms with Gasteiger partial charge in [0, 0.05) is 18.8 Å². The monoisotopic (exact) mass is 272 g/mol. The van der Waals surface area contributed by atoms with Crippen LogP contribution in [-0.2, 0) is 7.05 Å². The van der Waals surface area contributed by atoms with Gasteiger partial charge in [-0.25, -0.2) is 4.98 Å². The number of aryl methyl sites for hydroxylation is 1. The van der Waals surface area contributed by atoms with Crippen LogP contribution in [0.5, 0.6) is 5.75 Å². The van der Waals surface area contributed by atoms with Crippen molar-refractivity contribution >= 4 is 5.69 Å². The van der Waals surface area contributed by atoms with Gasteiger partial charge in [-0.15, -0.1) is 0 Å². The first-order valence-corrected chi connectivity index (χ1v) is 5.30. The summed E-state index contributed by atoms with van der Waals surface area (Å²) in [5, 5.41) is 4.02. The molecule has 2 rings (SSSR count). The van der Waals surface area contributed by atoms with E-state index in [9.17, 15) is 13.2 Å². The molecule has 0 spiro atoms. The second-order valence-corrected chi connectivity index (χ2v) is 3.90. The summed E-state index contributed by atoms with van der Waals surface area (Å²) in [6.45, 7) is -1.39. The van der Waals surface area contributed by atoms with Crippen molar-refractivity contribution in [1.29, 1.82) is 0 Å². The molecule has 0 fully saturated rings. The Morgan fingerprint density at radius 1 is 1.37 bits per heavy atom. The minimum absolute atomic E-state index is 0.00326. The molecular formula is C11H11F3N4O. The van der Waals surface area contributed by atoms with E-state index in [2.05, 4.69) is 10.1 Å². The van der Waals surface area contributed by atoms with E-state index < -0.39 is 12.8 Å². The van der Waals surface area contributed by atoms with E-state index in [1.165, 1.54) is 23.1 Å². The van der Waals surface area contributed by atoms with Gasteiger partial charge in [-0.2, -0.15) is 18.3 Å². The van der Waals surface area contributed by atoms with E-state index in [1.54, 1.807) is 13.1 Å². The van der Waals surface area contributed by atoms with Crippen LogP contribution in [0.25, 0.3) is 11.4 Å². The first kappa shape index (κ1) is 13.2. The number of ether oxygens (including phenoxy) is 1. The number of benzene rings is 1. The van der Waals surface area contributed by atoms with Crippen molar-refractivity contribution in [3.05, 3.63) is 24.5 Å². The van der Waals surface area contributed by atoms with Crippen molar-refractivity contribution in [2.75, 3.05) is 12.3 Å². The fourth-order valence-corrected chi connectivity index (χ4v) is 1.47. The van der Waals surface area contributed by atoms with Crippen LogP contribution in [-0.4, -0.2) is 27.5 Å². The molecule has 19 heavy (non-hydrogen) atoms. The third-order valence-corrected chi connectivity index (χ3v) is 2.24. The molecular weight excluding hydrogens is 261 g/mol. The molecule has 8 heteroatoms. The molecule has 5 nitrogen and oxygen atoms in total. The van der Waals surface area contributed by atoms with E-state index in [1.807, 2.05) is 0 Å². The van der Waals surface area contributed by atoms with E-state index in [0.717, 1.165) is 0 Å². The van der Waals surface area contributed by atoms with E-state index in [0.29, 0.717) is 11.3 Å². The normalized spacial score (nSPS) is 11.6. The lowest BCUT2D eigenvalue weighted by molar-refractivity contribution is -0.153. The van der Waals surface area contributed by atoms with Crippen molar-refractivity contribution in [2.24, 2.45) is 7.05 Å². The molecule has 0 saturated heterocycles. The fourth-order valence-electron chi connectivity index (χ4n) is 1.47. The minimum Gasteiger partial charge on any atom is -0.483 e. The quantitative estimate of drug-likeness (QED) is 0.868. The smallest absolute Gasteiger partial charge is 0.422 e. The maximum Gasteiger partial charge on any atom is 0.422 e. The molecule has 0 unspecified atom stereocenters. The van der Waals surface area contributed by atoms with Crippen LogP contribution in [0.4, 0.5) is 18.9 Å². The summed E-state index contributed by atoms with van der Waals surface area (Å²) < 4.78 is 42.8. The third kappa shape index (κ3) is 3.36. The first-order chi connectivity index (χ1) is 8.85. The molecule has 0 atom stereocenters. The Morgan fingerprint density at radius 3 is 2.68 bits per heavy atom. The lowest BCUT2D eigenvalue weighted by Gasteiger charge is -2.12. The molecule has 0 bridgehead atoms. The number of aromatic nitrogens is 3. The third-order valence-electron chi connectivity index (χ3n) is 2.24. The molecule has 1 heterocycles. The average Bonchev–Trinajstić information content (AvgIpc) is 2.72. The van der Waals surface area contributed by atoms with Crippen molar-refractivity contribution in [2.45, 2.75) is 6.18 Å². The maximum atomic E-state index is 12.2. The number of alkyl halides is 3. The topological polar surface area (TPSA) is 66.0 Å². The van der Waals surface area contributed by atoms with Gasteiger partial charge in [-0.3, -0.25) is 4.68 Å². The predicted molar refractivity (Wildman–Crippen MR) is 62.4 cm³/mol. The number of hydrogen-bond donors (Lipinski definition) is 1. The van der Waals surface area contributed by atoms with Gasteiger partial charge in [0.2, 0.25) is 0 Å². The molecule has 2 N–H and O–H groups in total. The Bertz CT molecular complexity index is 580. The van der Waals surface area contributed by atoms with Crippen LogP contribution in [0.3, 0.4) is 0 Å². The van der Waals surface area contributed by atoms with Gasteiger partial charge in [-0.1, -0.05) is 0 Å². The zero-order valence-corrected chi connectivity index (χ0v) is 9.98. The summed E-state index contributed by atoms with van der Waals surface area (Å²) in [5.74, 6) is 0.281. The Labute approximate surface area is 106 Å². The predicted octanol–water partition coefficient (Wildman–Crippen LogP) is 2.01. The van der Waals surface area contributed by atoms with Gasteiger partial charge in [0.05, 0.1) is 5.56 Å². The number of anilines is 1. The molecule has 0 aliphatic carbocycles. The van der Waals surface area contributed by atoms with Crippen LogP contribution in [0.2, 0.25) is 0 Å². The summed E-state index contributed by atoms with van der Waals surface area (Å²) >= 11 is 0. The average molecular weight is 272 g/mol. The van der Waals surface area contributed by atoms with E-state index in [4.69, 9.17) is 10.5 Å². The molecule has 2 aromatic rings. The first-order valence-electron chi connectivity index (χ1n) is 5.30. The lowest BCUT2D eigenvalue weighted by atomic mass is 10.1. The summed E-state index contributed by atoms with van der Waals surface area (Å²) in [7, 11) is 1.66. The second kappa shape index (κ2) is 4.79. The Kier molecular flexibility index (Phi) is 3.32. The van der Waals surface area contributed by atoms with Gasteiger partial charge >= 0.3 is 6.18 Å². The highest BCUT2D eigenvalue weighted by Crippen LogP contribution is 2.30. The molecule has 0 amide bonds. The van der Waals surface area contributed by atoms with Crippen LogP contribution in [0, 0.1) is 0 Å². The van der Waals surface area contributed by atoms with Crippen LogP contribution in [0.1, 0.15) is 0 Å². The number of nitrogens with two attached hydrogens (primary N) is 1. The summed E-state index contributed by atoms with van der Waals surface area (Å²) in [5.41, 5.74) is 6.21. The van der Waals surface area contributed by atoms with Gasteiger partial charge in [0.15, 0.2) is 12.4 Å². The number of nitrogens with zero attached hydrogens (tertiary/aromatic N) is 3. The SMILES string of the molecule is Cn1cnc(-c2ccc(N)cc2OCC(F)(F)F)n1. The minimum atomic E-state index is -4.42. The lowest BCUT2D eigenvalue weighted by Crippen LogP contribution is -2.19. The molecule has 1 aromatic heterocycles. The molecule has 0 aliphatic heterocycles. The maximum absolute atomic E-state index is 12.2. The zero-order valence-electron chi connectivity index (χ0n) is 9.98. The van der Waals surface area contributed by atoms with Gasteiger partial charge in [0.1, 0.15) is 12.1 Å². The molecule has 0 aliphatic rings. The highest BCUT2D eigenvalue weighted by molar-refractivity contribution is 5.67. The van der Waals surface area contributed by atoms with Crippen molar-refractivity contribution in [3.8, 4) is 17.1 Å². The number of nitrogen functional groups attached to an aromatic ring is 1. The molecule has 1 aromatic carbocycles.